The second-order valence-corrected chi connectivity index (χ2v) is 2.94. The lowest BCUT2D eigenvalue weighted by Crippen LogP contribution is -2.12. The normalized spacial score (nSPS) is 38.4. The molecule has 2 atom stereocenters. The molecule has 0 aromatic heterocycles. The predicted molar refractivity (Wildman–Crippen MR) is 41.2 cm³/mol. The zero-order valence-electron chi connectivity index (χ0n) is 6.19. The highest BCUT2D eigenvalue weighted by Crippen LogP contribution is 2.44. The van der Waals surface area contributed by atoms with Crippen LogP contribution in [-0.4, -0.2) is 18.0 Å². The molecule has 1 aliphatic heterocycles. The second-order valence-electron chi connectivity index (χ2n) is 2.94. The Morgan fingerprint density at radius 3 is 3.18 bits per heavy atom. The van der Waals surface area contributed by atoms with Crippen LogP contribution in [0.25, 0.3) is 0 Å². The monoisotopic (exact) mass is 150 g/mol. The summed E-state index contributed by atoms with van der Waals surface area (Å²) in [5, 5.41) is 0. The van der Waals surface area contributed by atoms with E-state index in [9.17, 15) is 4.79 Å². The van der Waals surface area contributed by atoms with Crippen LogP contribution in [-0.2, 0) is 9.53 Å². The van der Waals surface area contributed by atoms with Crippen molar-refractivity contribution < 1.29 is 9.53 Å². The van der Waals surface area contributed by atoms with Crippen molar-refractivity contribution in [3.8, 4) is 0 Å². The highest BCUT2D eigenvalue weighted by molar-refractivity contribution is 5.50. The van der Waals surface area contributed by atoms with Crippen molar-refractivity contribution in [2.75, 3.05) is 0 Å². The lowest BCUT2D eigenvalue weighted by molar-refractivity contribution is -0.108. The van der Waals surface area contributed by atoms with Crippen LogP contribution in [0.1, 0.15) is 12.8 Å². The smallest absolute Gasteiger partial charge is 0.120 e. The summed E-state index contributed by atoms with van der Waals surface area (Å²) in [7, 11) is 0. The molecule has 0 amide bonds. The van der Waals surface area contributed by atoms with Gasteiger partial charge in [-0.3, -0.25) is 0 Å². The molecule has 58 valence electrons. The molecule has 2 rings (SSSR count). The number of fused-ring (bicyclic) bond motifs is 1. The van der Waals surface area contributed by atoms with Gasteiger partial charge in [0.25, 0.3) is 0 Å². The molecule has 1 fully saturated rings. The number of carbonyl (C=O) groups is 1. The van der Waals surface area contributed by atoms with Crippen molar-refractivity contribution in [2.45, 2.75) is 24.5 Å². The zero-order chi connectivity index (χ0) is 7.73. The van der Waals surface area contributed by atoms with Gasteiger partial charge in [-0.2, -0.15) is 0 Å². The molecule has 11 heavy (non-hydrogen) atoms. The average molecular weight is 150 g/mol. The van der Waals surface area contributed by atoms with Crippen molar-refractivity contribution in [3.63, 3.8) is 0 Å². The maximum Gasteiger partial charge on any atom is 0.120 e. The molecular formula is C9H10O2. The van der Waals surface area contributed by atoms with Crippen molar-refractivity contribution in [2.24, 2.45) is 0 Å². The van der Waals surface area contributed by atoms with Crippen LogP contribution in [0.3, 0.4) is 0 Å². The van der Waals surface area contributed by atoms with E-state index in [4.69, 9.17) is 4.74 Å². The van der Waals surface area contributed by atoms with E-state index in [1.165, 1.54) is 0 Å². The Morgan fingerprint density at radius 1 is 1.55 bits per heavy atom. The molecule has 0 aromatic rings. The summed E-state index contributed by atoms with van der Waals surface area (Å²) in [6, 6.07) is 0. The number of epoxide rings is 1. The zero-order valence-corrected chi connectivity index (χ0v) is 6.19. The van der Waals surface area contributed by atoms with Gasteiger partial charge in [0.15, 0.2) is 0 Å². The molecule has 1 heterocycles. The summed E-state index contributed by atoms with van der Waals surface area (Å²) in [6.45, 7) is 0. The highest BCUT2D eigenvalue weighted by atomic mass is 16.6. The maximum atomic E-state index is 10.1. The van der Waals surface area contributed by atoms with Gasteiger partial charge in [-0.1, -0.05) is 18.2 Å². The first-order chi connectivity index (χ1) is 5.37. The molecule has 0 bridgehead atoms. The van der Waals surface area contributed by atoms with E-state index in [2.05, 4.69) is 0 Å². The van der Waals surface area contributed by atoms with Crippen LogP contribution >= 0.6 is 0 Å². The van der Waals surface area contributed by atoms with Gasteiger partial charge in [-0.15, -0.1) is 0 Å². The third-order valence-electron chi connectivity index (χ3n) is 2.20. The minimum absolute atomic E-state index is 0.102. The SMILES string of the molecule is O=CCCC12C=CC=CC1O2. The van der Waals surface area contributed by atoms with E-state index < -0.39 is 0 Å². The number of hydrogen-bond acceptors (Lipinski definition) is 2. The summed E-state index contributed by atoms with van der Waals surface area (Å²) in [5.74, 6) is 0. The third-order valence-corrected chi connectivity index (χ3v) is 2.20. The van der Waals surface area contributed by atoms with E-state index in [1.54, 1.807) is 0 Å². The molecule has 0 saturated carbocycles. The Balaban J connectivity index is 1.99. The number of rotatable bonds is 3. The van der Waals surface area contributed by atoms with E-state index in [-0.39, 0.29) is 11.7 Å². The van der Waals surface area contributed by atoms with Gasteiger partial charge in [0.2, 0.25) is 0 Å². The van der Waals surface area contributed by atoms with Gasteiger partial charge >= 0.3 is 0 Å². The molecule has 2 unspecified atom stereocenters. The summed E-state index contributed by atoms with van der Waals surface area (Å²) in [4.78, 5) is 10.1. The van der Waals surface area contributed by atoms with Gasteiger partial charge in [0, 0.05) is 6.42 Å². The van der Waals surface area contributed by atoms with Crippen LogP contribution in [0.4, 0.5) is 0 Å². The molecule has 0 N–H and O–H groups in total. The average Bonchev–Trinajstić information content (AvgIpc) is 2.75. The van der Waals surface area contributed by atoms with E-state index >= 15 is 0 Å². The molecule has 0 spiro atoms. The first-order valence-corrected chi connectivity index (χ1v) is 3.85. The maximum absolute atomic E-state index is 10.1. The molecule has 2 nitrogen and oxygen atoms in total. The Morgan fingerprint density at radius 2 is 2.45 bits per heavy atom. The molecule has 2 aliphatic rings. The molecular weight excluding hydrogens is 140 g/mol. The second kappa shape index (κ2) is 2.31. The van der Waals surface area contributed by atoms with Gasteiger partial charge in [-0.05, 0) is 12.5 Å². The number of aldehydes is 1. The van der Waals surface area contributed by atoms with E-state index in [0.717, 1.165) is 12.7 Å². The fourth-order valence-corrected chi connectivity index (χ4v) is 1.49. The van der Waals surface area contributed by atoms with Gasteiger partial charge in [-0.25, -0.2) is 0 Å². The molecule has 2 heteroatoms. The van der Waals surface area contributed by atoms with Crippen LogP contribution in [0.5, 0.6) is 0 Å². The highest BCUT2D eigenvalue weighted by Gasteiger charge is 2.52. The van der Waals surface area contributed by atoms with Crippen molar-refractivity contribution in [1.82, 2.24) is 0 Å². The fraction of sp³-hybridized carbons (Fsp3) is 0.444. The Kier molecular flexibility index (Phi) is 1.43. The van der Waals surface area contributed by atoms with E-state index in [1.807, 2.05) is 24.3 Å². The topological polar surface area (TPSA) is 29.6 Å². The van der Waals surface area contributed by atoms with Crippen LogP contribution in [0.15, 0.2) is 24.3 Å². The number of hydrogen-bond donors (Lipinski definition) is 0. The molecule has 0 aromatic carbocycles. The number of carbonyl (C=O) groups excluding carboxylic acids is 1. The van der Waals surface area contributed by atoms with Crippen LogP contribution < -0.4 is 0 Å². The third kappa shape index (κ3) is 1.03. The van der Waals surface area contributed by atoms with Gasteiger partial charge < -0.3 is 9.53 Å². The van der Waals surface area contributed by atoms with Crippen LogP contribution in [0.2, 0.25) is 0 Å². The van der Waals surface area contributed by atoms with Crippen molar-refractivity contribution in [1.29, 1.82) is 0 Å². The molecule has 0 radical (unpaired) electrons. The standard InChI is InChI=1S/C9H10O2/c10-7-3-6-9-5-2-1-4-8(9)11-9/h1-2,4-5,7-8H,3,6H2. The lowest BCUT2D eigenvalue weighted by Gasteiger charge is -2.04. The molecule has 1 saturated heterocycles. The summed E-state index contributed by atoms with van der Waals surface area (Å²) >= 11 is 0. The summed E-state index contributed by atoms with van der Waals surface area (Å²) in [5.41, 5.74) is -0.102. The number of ether oxygens (including phenoxy) is 1. The number of allylic oxidation sites excluding steroid dienone is 2. The lowest BCUT2D eigenvalue weighted by atomic mass is 9.96. The molecule has 1 aliphatic carbocycles. The minimum Gasteiger partial charge on any atom is -0.357 e. The van der Waals surface area contributed by atoms with Crippen LogP contribution in [0, 0.1) is 0 Å². The Bertz CT molecular complexity index is 230. The Labute approximate surface area is 65.5 Å². The summed E-state index contributed by atoms with van der Waals surface area (Å²) in [6.07, 6.45) is 10.6. The van der Waals surface area contributed by atoms with Crippen molar-refractivity contribution in [3.05, 3.63) is 24.3 Å². The quantitative estimate of drug-likeness (QED) is 0.447. The van der Waals surface area contributed by atoms with Crippen molar-refractivity contribution >= 4 is 6.29 Å². The minimum atomic E-state index is -0.102. The summed E-state index contributed by atoms with van der Waals surface area (Å²) < 4.78 is 5.44. The Hall–Kier alpha value is -0.890. The fourth-order valence-electron chi connectivity index (χ4n) is 1.49. The first kappa shape index (κ1) is 6.80. The predicted octanol–water partition coefficient (Wildman–Crippen LogP) is 1.23. The largest absolute Gasteiger partial charge is 0.357 e. The van der Waals surface area contributed by atoms with E-state index in [0.29, 0.717) is 6.42 Å². The van der Waals surface area contributed by atoms with Gasteiger partial charge in [0.1, 0.15) is 18.0 Å². The first-order valence-electron chi connectivity index (χ1n) is 3.85. The van der Waals surface area contributed by atoms with Gasteiger partial charge in [0.05, 0.1) is 0 Å².